The average Bonchev–Trinajstić information content (AvgIpc) is 2.62. The van der Waals surface area contributed by atoms with Crippen molar-refractivity contribution in [1.29, 1.82) is 0 Å². The lowest BCUT2D eigenvalue weighted by atomic mass is 10.0. The van der Waals surface area contributed by atoms with Crippen LogP contribution in [0.1, 0.15) is 11.1 Å². The molecule has 2 rings (SSSR count). The first-order valence-electron chi connectivity index (χ1n) is 5.43. The summed E-state index contributed by atoms with van der Waals surface area (Å²) in [6.45, 7) is 2.07. The third-order valence-electron chi connectivity index (χ3n) is 3.40. The number of fused-ring (bicyclic) bond motifs is 1. The first kappa shape index (κ1) is 11.7. The molecule has 0 aliphatic carbocycles. The Morgan fingerprint density at radius 1 is 1.62 bits per heavy atom. The second-order valence-corrected chi connectivity index (χ2v) is 4.83. The second kappa shape index (κ2) is 4.24. The smallest absolute Gasteiger partial charge is 0.0602 e. The van der Waals surface area contributed by atoms with Crippen molar-refractivity contribution in [2.24, 2.45) is 5.73 Å². The first-order chi connectivity index (χ1) is 7.56. The van der Waals surface area contributed by atoms with E-state index in [1.165, 1.54) is 11.3 Å². The molecule has 2 atom stereocenters. The molecular weight excluding hydrogens is 224 g/mol. The molecule has 16 heavy (non-hydrogen) atoms. The number of anilines is 1. The predicted molar refractivity (Wildman–Crippen MR) is 67.1 cm³/mol. The van der Waals surface area contributed by atoms with Gasteiger partial charge in [-0.1, -0.05) is 17.7 Å². The zero-order valence-corrected chi connectivity index (χ0v) is 10.3. The topological polar surface area (TPSA) is 49.5 Å². The Morgan fingerprint density at radius 3 is 2.88 bits per heavy atom. The van der Waals surface area contributed by atoms with Crippen molar-refractivity contribution in [2.45, 2.75) is 25.4 Å². The van der Waals surface area contributed by atoms with Gasteiger partial charge in [0.15, 0.2) is 0 Å². The largest absolute Gasteiger partial charge is 0.395 e. The van der Waals surface area contributed by atoms with Gasteiger partial charge in [0.05, 0.1) is 12.6 Å². The highest BCUT2D eigenvalue weighted by molar-refractivity contribution is 6.32. The van der Waals surface area contributed by atoms with Crippen molar-refractivity contribution < 1.29 is 5.11 Å². The summed E-state index contributed by atoms with van der Waals surface area (Å²) in [7, 11) is 2.01. The standard InChI is InChI=1S/C12H17ClN2O/c1-7-3-4-9(13)8-5-11(10(14)6-16)15(2)12(7)8/h3-4,10-11,16H,5-6,14H2,1-2H3. The van der Waals surface area contributed by atoms with Crippen LogP contribution in [0.3, 0.4) is 0 Å². The van der Waals surface area contributed by atoms with E-state index in [0.717, 1.165) is 17.0 Å². The van der Waals surface area contributed by atoms with E-state index in [-0.39, 0.29) is 18.7 Å². The molecule has 0 bridgehead atoms. The molecule has 0 amide bonds. The summed E-state index contributed by atoms with van der Waals surface area (Å²) in [5.41, 5.74) is 9.44. The van der Waals surface area contributed by atoms with Gasteiger partial charge in [0.25, 0.3) is 0 Å². The fourth-order valence-electron chi connectivity index (χ4n) is 2.49. The molecule has 0 fully saturated rings. The van der Waals surface area contributed by atoms with Gasteiger partial charge < -0.3 is 15.7 Å². The van der Waals surface area contributed by atoms with Gasteiger partial charge in [0.2, 0.25) is 0 Å². The number of nitrogens with two attached hydrogens (primary N) is 1. The summed E-state index contributed by atoms with van der Waals surface area (Å²) in [5.74, 6) is 0. The van der Waals surface area contributed by atoms with Crippen LogP contribution in [-0.4, -0.2) is 30.8 Å². The number of halogens is 1. The van der Waals surface area contributed by atoms with E-state index in [2.05, 4.69) is 11.8 Å². The molecule has 1 aromatic rings. The van der Waals surface area contributed by atoms with Gasteiger partial charge in [-0.05, 0) is 30.5 Å². The second-order valence-electron chi connectivity index (χ2n) is 4.42. The number of likely N-dealkylation sites (N-methyl/N-ethyl adjacent to an activating group) is 1. The quantitative estimate of drug-likeness (QED) is 0.820. The average molecular weight is 241 g/mol. The van der Waals surface area contributed by atoms with E-state index >= 15 is 0 Å². The molecule has 4 heteroatoms. The highest BCUT2D eigenvalue weighted by Crippen LogP contribution is 2.38. The van der Waals surface area contributed by atoms with Crippen molar-refractivity contribution in [2.75, 3.05) is 18.6 Å². The van der Waals surface area contributed by atoms with Crippen molar-refractivity contribution in [3.8, 4) is 0 Å². The lowest BCUT2D eigenvalue weighted by Crippen LogP contribution is -2.46. The van der Waals surface area contributed by atoms with Gasteiger partial charge in [-0.15, -0.1) is 0 Å². The van der Waals surface area contributed by atoms with Crippen LogP contribution in [0, 0.1) is 6.92 Å². The van der Waals surface area contributed by atoms with Crippen LogP contribution in [0.15, 0.2) is 12.1 Å². The Balaban J connectivity index is 2.41. The Kier molecular flexibility index (Phi) is 3.10. The van der Waals surface area contributed by atoms with Crippen LogP contribution in [0.2, 0.25) is 5.02 Å². The summed E-state index contributed by atoms with van der Waals surface area (Å²) in [6.07, 6.45) is 0.814. The number of aliphatic hydroxyl groups is 1. The van der Waals surface area contributed by atoms with Crippen LogP contribution < -0.4 is 10.6 Å². The third-order valence-corrected chi connectivity index (χ3v) is 3.75. The SMILES string of the molecule is Cc1ccc(Cl)c2c1N(C)C(C(N)CO)C2. The molecular formula is C12H17ClN2O. The number of aryl methyl sites for hydroxylation is 1. The lowest BCUT2D eigenvalue weighted by Gasteiger charge is -2.27. The van der Waals surface area contributed by atoms with Gasteiger partial charge in [-0.2, -0.15) is 0 Å². The third kappa shape index (κ3) is 1.69. The normalized spacial score (nSPS) is 21.1. The minimum atomic E-state index is -0.229. The molecule has 88 valence electrons. The van der Waals surface area contributed by atoms with Gasteiger partial charge in [-0.3, -0.25) is 0 Å². The Labute approximate surface area is 101 Å². The number of hydrogen-bond acceptors (Lipinski definition) is 3. The molecule has 0 saturated heterocycles. The molecule has 1 aromatic carbocycles. The minimum Gasteiger partial charge on any atom is -0.395 e. The van der Waals surface area contributed by atoms with E-state index in [1.54, 1.807) is 0 Å². The van der Waals surface area contributed by atoms with E-state index in [4.69, 9.17) is 22.4 Å². The summed E-state index contributed by atoms with van der Waals surface area (Å²) in [4.78, 5) is 2.14. The Morgan fingerprint density at radius 2 is 2.31 bits per heavy atom. The number of aliphatic hydroxyl groups excluding tert-OH is 1. The van der Waals surface area contributed by atoms with Crippen LogP contribution in [0.25, 0.3) is 0 Å². The first-order valence-corrected chi connectivity index (χ1v) is 5.81. The number of hydrogen-bond donors (Lipinski definition) is 2. The van der Waals surface area contributed by atoms with Crippen LogP contribution in [-0.2, 0) is 6.42 Å². The fourth-order valence-corrected chi connectivity index (χ4v) is 2.72. The predicted octanol–water partition coefficient (Wildman–Crippen LogP) is 1.33. The van der Waals surface area contributed by atoms with Gasteiger partial charge in [0, 0.05) is 23.8 Å². The Hall–Kier alpha value is -0.770. The highest BCUT2D eigenvalue weighted by Gasteiger charge is 2.33. The Bertz CT molecular complexity index is 408. The van der Waals surface area contributed by atoms with Crippen molar-refractivity contribution >= 4 is 17.3 Å². The summed E-state index contributed by atoms with van der Waals surface area (Å²) in [6, 6.07) is 3.85. The molecule has 3 N–H and O–H groups in total. The molecule has 0 saturated carbocycles. The molecule has 0 radical (unpaired) electrons. The summed E-state index contributed by atoms with van der Waals surface area (Å²) in [5, 5.41) is 9.94. The molecule has 2 unspecified atom stereocenters. The van der Waals surface area contributed by atoms with Gasteiger partial charge in [0.1, 0.15) is 0 Å². The monoisotopic (exact) mass is 240 g/mol. The van der Waals surface area contributed by atoms with Gasteiger partial charge in [-0.25, -0.2) is 0 Å². The van der Waals surface area contributed by atoms with Crippen molar-refractivity contribution in [3.05, 3.63) is 28.3 Å². The van der Waals surface area contributed by atoms with Crippen LogP contribution >= 0.6 is 11.6 Å². The van der Waals surface area contributed by atoms with E-state index in [0.29, 0.717) is 0 Å². The van der Waals surface area contributed by atoms with Crippen LogP contribution in [0.5, 0.6) is 0 Å². The maximum absolute atomic E-state index is 9.15. The lowest BCUT2D eigenvalue weighted by molar-refractivity contribution is 0.249. The van der Waals surface area contributed by atoms with Crippen molar-refractivity contribution in [1.82, 2.24) is 0 Å². The molecule has 3 nitrogen and oxygen atoms in total. The highest BCUT2D eigenvalue weighted by atomic mass is 35.5. The molecule has 0 spiro atoms. The van der Waals surface area contributed by atoms with E-state index < -0.39 is 0 Å². The van der Waals surface area contributed by atoms with Crippen LogP contribution in [0.4, 0.5) is 5.69 Å². The van der Waals surface area contributed by atoms with Gasteiger partial charge >= 0.3 is 0 Å². The zero-order chi connectivity index (χ0) is 11.9. The van der Waals surface area contributed by atoms with E-state index in [9.17, 15) is 0 Å². The minimum absolute atomic E-state index is 0.000335. The van der Waals surface area contributed by atoms with Crippen molar-refractivity contribution in [3.63, 3.8) is 0 Å². The maximum Gasteiger partial charge on any atom is 0.0602 e. The fraction of sp³-hybridized carbons (Fsp3) is 0.500. The summed E-state index contributed by atoms with van der Waals surface area (Å²) < 4.78 is 0. The zero-order valence-electron chi connectivity index (χ0n) is 9.57. The number of rotatable bonds is 2. The number of nitrogens with zero attached hydrogens (tertiary/aromatic N) is 1. The molecule has 0 aromatic heterocycles. The molecule has 1 heterocycles. The maximum atomic E-state index is 9.15. The number of benzene rings is 1. The summed E-state index contributed by atoms with van der Waals surface area (Å²) >= 11 is 6.19. The molecule has 1 aliphatic heterocycles. The molecule has 1 aliphatic rings. The van der Waals surface area contributed by atoms with E-state index in [1.807, 2.05) is 19.2 Å².